The third-order valence-electron chi connectivity index (χ3n) is 3.68. The number of carbonyl (C=O) groups excluding carboxylic acids is 1. The minimum absolute atomic E-state index is 0.0176. The van der Waals surface area contributed by atoms with E-state index in [4.69, 9.17) is 4.74 Å². The number of hydrogen-bond acceptors (Lipinski definition) is 4. The average Bonchev–Trinajstić information content (AvgIpc) is 3.16. The Kier molecular flexibility index (Phi) is 3.96. The molecule has 1 saturated heterocycles. The molecule has 1 atom stereocenters. The Morgan fingerprint density at radius 1 is 1.57 bits per heavy atom. The number of hydrogen-bond donors (Lipinski definition) is 1. The molecule has 3 rings (SSSR count). The molecule has 110 valence electrons. The number of pyridine rings is 1. The maximum Gasteiger partial charge on any atom is 0.225 e. The lowest BCUT2D eigenvalue weighted by molar-refractivity contribution is -0.125. The predicted molar refractivity (Wildman–Crippen MR) is 77.2 cm³/mol. The summed E-state index contributed by atoms with van der Waals surface area (Å²) in [7, 11) is 1.88. The van der Waals surface area contributed by atoms with Crippen LogP contribution in [0.5, 0.6) is 0 Å². The van der Waals surface area contributed by atoms with E-state index in [0.717, 1.165) is 23.4 Å². The number of aromatic nitrogens is 3. The molecule has 0 aliphatic carbocycles. The molecule has 1 aliphatic heterocycles. The second-order valence-corrected chi connectivity index (χ2v) is 5.16. The van der Waals surface area contributed by atoms with Crippen molar-refractivity contribution in [3.63, 3.8) is 0 Å². The molecule has 1 aliphatic rings. The summed E-state index contributed by atoms with van der Waals surface area (Å²) >= 11 is 0. The molecule has 2 aromatic rings. The van der Waals surface area contributed by atoms with E-state index >= 15 is 0 Å². The molecule has 6 heteroatoms. The number of carbonyl (C=O) groups is 1. The molecule has 1 N–H and O–H groups in total. The van der Waals surface area contributed by atoms with Crippen LogP contribution in [0.2, 0.25) is 0 Å². The van der Waals surface area contributed by atoms with Crippen LogP contribution in [0.1, 0.15) is 12.1 Å². The zero-order chi connectivity index (χ0) is 14.7. The van der Waals surface area contributed by atoms with Crippen molar-refractivity contribution >= 4 is 5.91 Å². The van der Waals surface area contributed by atoms with Gasteiger partial charge in [0, 0.05) is 31.6 Å². The van der Waals surface area contributed by atoms with E-state index in [1.807, 2.05) is 25.2 Å². The second kappa shape index (κ2) is 6.05. The van der Waals surface area contributed by atoms with Crippen molar-refractivity contribution in [1.29, 1.82) is 0 Å². The van der Waals surface area contributed by atoms with E-state index < -0.39 is 0 Å². The van der Waals surface area contributed by atoms with Crippen LogP contribution in [0.4, 0.5) is 0 Å². The Labute approximate surface area is 123 Å². The van der Waals surface area contributed by atoms with Crippen molar-refractivity contribution in [3.8, 4) is 11.3 Å². The van der Waals surface area contributed by atoms with Gasteiger partial charge < -0.3 is 10.1 Å². The van der Waals surface area contributed by atoms with E-state index in [-0.39, 0.29) is 11.8 Å². The number of ether oxygens (including phenoxy) is 1. The van der Waals surface area contributed by atoms with Crippen LogP contribution in [0.3, 0.4) is 0 Å². The van der Waals surface area contributed by atoms with Crippen LogP contribution in [0.15, 0.2) is 30.6 Å². The summed E-state index contributed by atoms with van der Waals surface area (Å²) in [4.78, 5) is 16.1. The maximum atomic E-state index is 12.0. The first-order chi connectivity index (χ1) is 10.2. The third kappa shape index (κ3) is 3.11. The van der Waals surface area contributed by atoms with Gasteiger partial charge in [-0.05, 0) is 24.6 Å². The first-order valence-corrected chi connectivity index (χ1v) is 7.03. The summed E-state index contributed by atoms with van der Waals surface area (Å²) < 4.78 is 7.02. The molecule has 1 amide bonds. The van der Waals surface area contributed by atoms with Gasteiger partial charge >= 0.3 is 0 Å². The zero-order valence-electron chi connectivity index (χ0n) is 12.0. The third-order valence-corrected chi connectivity index (χ3v) is 3.68. The lowest BCUT2D eigenvalue weighted by Gasteiger charge is -2.09. The standard InChI is InChI=1S/C15H18N4O2/c1-19-13(9-17-15(20)12-4-6-21-10-12)7-14(18-19)11-3-2-5-16-8-11/h2-3,5,7-8,12H,4,6,9-10H2,1H3,(H,17,20)/t12-/m0/s1. The predicted octanol–water partition coefficient (Wildman–Crippen LogP) is 1.13. The quantitative estimate of drug-likeness (QED) is 0.915. The number of amides is 1. The summed E-state index contributed by atoms with van der Waals surface area (Å²) in [6.07, 6.45) is 4.32. The monoisotopic (exact) mass is 286 g/mol. The molecule has 3 heterocycles. The van der Waals surface area contributed by atoms with Crippen molar-refractivity contribution in [1.82, 2.24) is 20.1 Å². The van der Waals surface area contributed by atoms with E-state index in [0.29, 0.717) is 19.8 Å². The molecule has 0 radical (unpaired) electrons. The van der Waals surface area contributed by atoms with Gasteiger partial charge in [0.15, 0.2) is 0 Å². The lowest BCUT2D eigenvalue weighted by Crippen LogP contribution is -2.31. The van der Waals surface area contributed by atoms with Crippen LogP contribution in [-0.2, 0) is 23.1 Å². The molecular weight excluding hydrogens is 268 g/mol. The van der Waals surface area contributed by atoms with Gasteiger partial charge in [0.2, 0.25) is 5.91 Å². The SMILES string of the molecule is Cn1nc(-c2cccnc2)cc1CNC(=O)[C@H]1CCOC1. The fourth-order valence-electron chi connectivity index (χ4n) is 2.39. The van der Waals surface area contributed by atoms with Crippen LogP contribution in [-0.4, -0.2) is 33.9 Å². The smallest absolute Gasteiger partial charge is 0.225 e. The first-order valence-electron chi connectivity index (χ1n) is 7.03. The molecule has 0 spiro atoms. The lowest BCUT2D eigenvalue weighted by atomic mass is 10.1. The van der Waals surface area contributed by atoms with E-state index in [9.17, 15) is 4.79 Å². The normalized spacial score (nSPS) is 17.9. The topological polar surface area (TPSA) is 69.0 Å². The molecule has 21 heavy (non-hydrogen) atoms. The molecular formula is C15H18N4O2. The highest BCUT2D eigenvalue weighted by atomic mass is 16.5. The van der Waals surface area contributed by atoms with Gasteiger partial charge in [-0.1, -0.05) is 0 Å². The Balaban J connectivity index is 1.66. The van der Waals surface area contributed by atoms with Crippen LogP contribution < -0.4 is 5.32 Å². The molecule has 0 saturated carbocycles. The average molecular weight is 286 g/mol. The van der Waals surface area contributed by atoms with E-state index in [1.54, 1.807) is 17.1 Å². The Bertz CT molecular complexity index is 618. The van der Waals surface area contributed by atoms with Crippen LogP contribution in [0.25, 0.3) is 11.3 Å². The highest BCUT2D eigenvalue weighted by Gasteiger charge is 2.23. The minimum atomic E-state index is -0.0176. The zero-order valence-corrected chi connectivity index (χ0v) is 12.0. The summed E-state index contributed by atoms with van der Waals surface area (Å²) in [5.41, 5.74) is 2.79. The largest absolute Gasteiger partial charge is 0.381 e. The molecule has 1 fully saturated rings. The number of rotatable bonds is 4. The van der Waals surface area contributed by atoms with Gasteiger partial charge in [0.25, 0.3) is 0 Å². The Hall–Kier alpha value is -2.21. The minimum Gasteiger partial charge on any atom is -0.381 e. The highest BCUT2D eigenvalue weighted by molar-refractivity contribution is 5.79. The maximum absolute atomic E-state index is 12.0. The fourth-order valence-corrected chi connectivity index (χ4v) is 2.39. The molecule has 0 unspecified atom stereocenters. The Morgan fingerprint density at radius 3 is 3.19 bits per heavy atom. The summed E-state index contributed by atoms with van der Waals surface area (Å²) in [6.45, 7) is 1.67. The molecule has 6 nitrogen and oxygen atoms in total. The van der Waals surface area contributed by atoms with E-state index in [2.05, 4.69) is 15.4 Å². The second-order valence-electron chi connectivity index (χ2n) is 5.16. The Morgan fingerprint density at radius 2 is 2.48 bits per heavy atom. The first kappa shape index (κ1) is 13.8. The number of nitrogens with zero attached hydrogens (tertiary/aromatic N) is 3. The van der Waals surface area contributed by atoms with Gasteiger partial charge in [-0.3, -0.25) is 14.5 Å². The van der Waals surface area contributed by atoms with Crippen molar-refractivity contribution in [2.24, 2.45) is 13.0 Å². The van der Waals surface area contributed by atoms with Gasteiger partial charge in [0.05, 0.1) is 30.5 Å². The summed E-state index contributed by atoms with van der Waals surface area (Å²) in [6, 6.07) is 5.82. The summed E-state index contributed by atoms with van der Waals surface area (Å²) in [5.74, 6) is 0.0349. The van der Waals surface area contributed by atoms with Crippen molar-refractivity contribution in [2.45, 2.75) is 13.0 Å². The molecule has 0 aromatic carbocycles. The molecule has 0 bridgehead atoms. The van der Waals surface area contributed by atoms with Gasteiger partial charge in [-0.25, -0.2) is 0 Å². The highest BCUT2D eigenvalue weighted by Crippen LogP contribution is 2.17. The van der Waals surface area contributed by atoms with Gasteiger partial charge in [-0.15, -0.1) is 0 Å². The van der Waals surface area contributed by atoms with E-state index in [1.165, 1.54) is 0 Å². The van der Waals surface area contributed by atoms with Crippen molar-refractivity contribution in [2.75, 3.05) is 13.2 Å². The van der Waals surface area contributed by atoms with Gasteiger partial charge in [-0.2, -0.15) is 5.10 Å². The fraction of sp³-hybridized carbons (Fsp3) is 0.400. The molecule has 2 aromatic heterocycles. The van der Waals surface area contributed by atoms with Crippen molar-refractivity contribution in [3.05, 3.63) is 36.3 Å². The van der Waals surface area contributed by atoms with Crippen molar-refractivity contribution < 1.29 is 9.53 Å². The summed E-state index contributed by atoms with van der Waals surface area (Å²) in [5, 5.41) is 7.41. The number of nitrogens with one attached hydrogen (secondary N) is 1. The van der Waals surface area contributed by atoms with Crippen LogP contribution >= 0.6 is 0 Å². The number of aryl methyl sites for hydroxylation is 1. The van der Waals surface area contributed by atoms with Gasteiger partial charge in [0.1, 0.15) is 0 Å². The van der Waals surface area contributed by atoms with Crippen LogP contribution in [0, 0.1) is 5.92 Å².